The molecule has 4 rings (SSSR count). The predicted octanol–water partition coefficient (Wildman–Crippen LogP) is 2.75. The number of pyridine rings is 1. The number of nitrogens with zero attached hydrogens (tertiary/aromatic N) is 5. The molecular weight excluding hydrogens is 317 g/mol. The van der Waals surface area contributed by atoms with E-state index in [0.29, 0.717) is 23.8 Å². The average molecular weight is 341 g/mol. The summed E-state index contributed by atoms with van der Waals surface area (Å²) in [5, 5.41) is 0. The highest BCUT2D eigenvalue weighted by molar-refractivity contribution is 5.32. The van der Waals surface area contributed by atoms with Crippen LogP contribution in [0.2, 0.25) is 0 Å². The predicted molar refractivity (Wildman–Crippen MR) is 94.5 cm³/mol. The third-order valence-electron chi connectivity index (χ3n) is 5.67. The van der Waals surface area contributed by atoms with Crippen molar-refractivity contribution in [2.75, 3.05) is 25.0 Å². The first-order valence-electron chi connectivity index (χ1n) is 9.02. The van der Waals surface area contributed by atoms with Crippen LogP contribution in [-0.4, -0.2) is 46.0 Å². The van der Waals surface area contributed by atoms with Gasteiger partial charge in [0.25, 0.3) is 0 Å². The van der Waals surface area contributed by atoms with Gasteiger partial charge in [0.1, 0.15) is 0 Å². The minimum absolute atomic E-state index is 0.380. The van der Waals surface area contributed by atoms with Crippen LogP contribution in [0.3, 0.4) is 0 Å². The average Bonchev–Trinajstić information content (AvgIpc) is 3.07. The Kier molecular flexibility index (Phi) is 4.61. The minimum Gasteiger partial charge on any atom is -0.340 e. The Hall–Kier alpha value is -2.08. The number of hydrogen-bond acceptors (Lipinski definition) is 5. The van der Waals surface area contributed by atoms with Crippen LogP contribution in [0.4, 0.5) is 10.3 Å². The summed E-state index contributed by atoms with van der Waals surface area (Å²) in [5.41, 5.74) is 1.25. The number of rotatable bonds is 4. The van der Waals surface area contributed by atoms with Crippen molar-refractivity contribution in [3.05, 3.63) is 48.3 Å². The van der Waals surface area contributed by atoms with E-state index in [-0.39, 0.29) is 5.82 Å². The molecule has 2 fully saturated rings. The van der Waals surface area contributed by atoms with Crippen molar-refractivity contribution in [1.29, 1.82) is 0 Å². The summed E-state index contributed by atoms with van der Waals surface area (Å²) in [4.78, 5) is 17.3. The highest BCUT2D eigenvalue weighted by atomic mass is 19.1. The molecule has 3 heterocycles. The van der Waals surface area contributed by atoms with E-state index < -0.39 is 0 Å². The fourth-order valence-electron chi connectivity index (χ4n) is 4.52. The highest BCUT2D eigenvalue weighted by Gasteiger charge is 2.42. The zero-order valence-corrected chi connectivity index (χ0v) is 14.6. The molecule has 2 aromatic heterocycles. The number of aromatic nitrogens is 3. The second-order valence-corrected chi connectivity index (χ2v) is 7.30. The van der Waals surface area contributed by atoms with Gasteiger partial charge in [-0.1, -0.05) is 12.5 Å². The molecule has 0 N–H and O–H groups in total. The summed E-state index contributed by atoms with van der Waals surface area (Å²) in [5.74, 6) is 1.56. The molecule has 0 bridgehead atoms. The third-order valence-corrected chi connectivity index (χ3v) is 5.67. The van der Waals surface area contributed by atoms with Crippen LogP contribution in [0.5, 0.6) is 0 Å². The number of anilines is 1. The summed E-state index contributed by atoms with van der Waals surface area (Å²) < 4.78 is 13.1. The maximum absolute atomic E-state index is 13.1. The van der Waals surface area contributed by atoms with E-state index in [9.17, 15) is 4.39 Å². The summed E-state index contributed by atoms with van der Waals surface area (Å²) in [6, 6.07) is 4.69. The molecule has 1 saturated heterocycles. The van der Waals surface area contributed by atoms with Crippen molar-refractivity contribution in [3.63, 3.8) is 0 Å². The Morgan fingerprint density at radius 1 is 1.20 bits per heavy atom. The lowest BCUT2D eigenvalue weighted by Gasteiger charge is -2.39. The first-order valence-corrected chi connectivity index (χ1v) is 9.02. The van der Waals surface area contributed by atoms with Gasteiger partial charge in [0.15, 0.2) is 5.82 Å². The van der Waals surface area contributed by atoms with E-state index in [4.69, 9.17) is 0 Å². The molecule has 2 aliphatic rings. The molecule has 132 valence electrons. The largest absolute Gasteiger partial charge is 0.340 e. The minimum atomic E-state index is -0.380. The molecule has 1 saturated carbocycles. The van der Waals surface area contributed by atoms with Crippen LogP contribution in [0.15, 0.2) is 36.9 Å². The second kappa shape index (κ2) is 7.04. The molecule has 0 aromatic carbocycles. The maximum atomic E-state index is 13.1. The monoisotopic (exact) mass is 341 g/mol. The first kappa shape index (κ1) is 16.4. The van der Waals surface area contributed by atoms with Gasteiger partial charge in [0.2, 0.25) is 5.95 Å². The quantitative estimate of drug-likeness (QED) is 0.856. The Labute approximate surface area is 147 Å². The van der Waals surface area contributed by atoms with E-state index in [2.05, 4.69) is 37.9 Å². The van der Waals surface area contributed by atoms with Gasteiger partial charge in [0, 0.05) is 38.1 Å². The van der Waals surface area contributed by atoms with Crippen LogP contribution in [-0.2, 0) is 6.54 Å². The molecular formula is C19H24FN5. The molecule has 0 amide bonds. The topological polar surface area (TPSA) is 45.2 Å². The van der Waals surface area contributed by atoms with E-state index in [0.717, 1.165) is 19.6 Å². The van der Waals surface area contributed by atoms with Gasteiger partial charge in [-0.15, -0.1) is 0 Å². The van der Waals surface area contributed by atoms with E-state index in [1.165, 1.54) is 37.2 Å². The first-order chi connectivity index (χ1) is 12.2. The van der Waals surface area contributed by atoms with Crippen molar-refractivity contribution < 1.29 is 4.39 Å². The number of hydrogen-bond donors (Lipinski definition) is 0. The van der Waals surface area contributed by atoms with Crippen LogP contribution < -0.4 is 4.90 Å². The van der Waals surface area contributed by atoms with Crippen LogP contribution in [0.1, 0.15) is 24.8 Å². The molecule has 1 aliphatic heterocycles. The van der Waals surface area contributed by atoms with Crippen LogP contribution >= 0.6 is 0 Å². The van der Waals surface area contributed by atoms with Crippen molar-refractivity contribution in [2.24, 2.45) is 11.8 Å². The molecule has 0 spiro atoms. The van der Waals surface area contributed by atoms with Gasteiger partial charge < -0.3 is 4.90 Å². The Morgan fingerprint density at radius 3 is 2.80 bits per heavy atom. The Morgan fingerprint density at radius 2 is 2.04 bits per heavy atom. The maximum Gasteiger partial charge on any atom is 0.225 e. The fourth-order valence-corrected chi connectivity index (χ4v) is 4.52. The smallest absolute Gasteiger partial charge is 0.225 e. The standard InChI is InChI=1S/C19H24FN5/c1-24(11-14-4-3-7-21-8-14)18-6-2-5-15-12-25(13-17(15)18)19-22-9-16(20)10-23-19/h3-4,7-10,15,17-18H,2,5-6,11-13H2,1H3/t15-,17+,18?/m1/s1. The molecule has 0 radical (unpaired) electrons. The lowest BCUT2D eigenvalue weighted by atomic mass is 9.77. The van der Waals surface area contributed by atoms with E-state index in [1.807, 2.05) is 18.5 Å². The Balaban J connectivity index is 1.46. The summed E-state index contributed by atoms with van der Waals surface area (Å²) in [6.45, 7) is 2.86. The van der Waals surface area contributed by atoms with Crippen molar-refractivity contribution in [1.82, 2.24) is 19.9 Å². The van der Waals surface area contributed by atoms with Crippen molar-refractivity contribution in [3.8, 4) is 0 Å². The fraction of sp³-hybridized carbons (Fsp3) is 0.526. The molecule has 1 unspecified atom stereocenters. The van der Waals surface area contributed by atoms with E-state index in [1.54, 1.807) is 0 Å². The van der Waals surface area contributed by atoms with E-state index >= 15 is 0 Å². The zero-order chi connectivity index (χ0) is 17.2. The third kappa shape index (κ3) is 3.49. The molecule has 2 aromatic rings. The van der Waals surface area contributed by atoms with Crippen LogP contribution in [0, 0.1) is 17.7 Å². The van der Waals surface area contributed by atoms with Crippen molar-refractivity contribution in [2.45, 2.75) is 31.8 Å². The van der Waals surface area contributed by atoms with Gasteiger partial charge in [-0.2, -0.15) is 0 Å². The molecule has 6 heteroatoms. The summed E-state index contributed by atoms with van der Waals surface area (Å²) in [6.07, 6.45) is 10.0. The van der Waals surface area contributed by atoms with Crippen LogP contribution in [0.25, 0.3) is 0 Å². The number of fused-ring (bicyclic) bond motifs is 1. The van der Waals surface area contributed by atoms with Crippen molar-refractivity contribution >= 4 is 5.95 Å². The highest BCUT2D eigenvalue weighted by Crippen LogP contribution is 2.39. The zero-order valence-electron chi connectivity index (χ0n) is 14.6. The van der Waals surface area contributed by atoms with Gasteiger partial charge >= 0.3 is 0 Å². The molecule has 25 heavy (non-hydrogen) atoms. The lowest BCUT2D eigenvalue weighted by molar-refractivity contribution is 0.106. The molecule has 1 aliphatic carbocycles. The number of halogens is 1. The van der Waals surface area contributed by atoms with Gasteiger partial charge in [0.05, 0.1) is 12.4 Å². The summed E-state index contributed by atoms with van der Waals surface area (Å²) in [7, 11) is 2.22. The molecule has 3 atom stereocenters. The van der Waals surface area contributed by atoms with Gasteiger partial charge in [-0.3, -0.25) is 9.88 Å². The SMILES string of the molecule is CN(Cc1cccnc1)C1CCC[C@@H]2CN(c3ncc(F)cn3)C[C@H]12. The Bertz CT molecular complexity index is 693. The lowest BCUT2D eigenvalue weighted by Crippen LogP contribution is -2.43. The molecule has 5 nitrogen and oxygen atoms in total. The van der Waals surface area contributed by atoms with Gasteiger partial charge in [-0.05, 0) is 43.4 Å². The second-order valence-electron chi connectivity index (χ2n) is 7.30. The normalized spacial score (nSPS) is 26.0. The van der Waals surface area contributed by atoms with Gasteiger partial charge in [-0.25, -0.2) is 14.4 Å². The summed E-state index contributed by atoms with van der Waals surface area (Å²) >= 11 is 0.